The van der Waals surface area contributed by atoms with Crippen LogP contribution in [0.15, 0.2) is 12.2 Å². The summed E-state index contributed by atoms with van der Waals surface area (Å²) in [5.41, 5.74) is 0. The van der Waals surface area contributed by atoms with E-state index in [1.165, 1.54) is 4.90 Å². The molecule has 70 valence electrons. The fourth-order valence-electron chi connectivity index (χ4n) is 1.97. The molecule has 2 amide bonds. The Hall–Kier alpha value is -1.12. The number of rotatable bonds is 1. The first-order valence-electron chi connectivity index (χ1n) is 4.80. The van der Waals surface area contributed by atoms with Gasteiger partial charge < -0.3 is 0 Å². The maximum absolute atomic E-state index is 11.4. The fraction of sp³-hybridized carbons (Fsp3) is 0.600. The lowest BCUT2D eigenvalue weighted by atomic mass is 10.0. The molecule has 1 fully saturated rings. The average molecular weight is 179 g/mol. The molecule has 1 saturated heterocycles. The maximum atomic E-state index is 11.4. The highest BCUT2D eigenvalue weighted by molar-refractivity contribution is 6.02. The van der Waals surface area contributed by atoms with Crippen molar-refractivity contribution in [3.63, 3.8) is 0 Å². The second-order valence-electron chi connectivity index (χ2n) is 3.58. The van der Waals surface area contributed by atoms with Gasteiger partial charge in [-0.3, -0.25) is 14.5 Å². The molecule has 0 saturated carbocycles. The van der Waals surface area contributed by atoms with Crippen LogP contribution in [0.2, 0.25) is 0 Å². The van der Waals surface area contributed by atoms with E-state index in [1.807, 2.05) is 6.08 Å². The first kappa shape index (κ1) is 8.48. The molecule has 3 nitrogen and oxygen atoms in total. The Kier molecular flexibility index (Phi) is 2.17. The maximum Gasteiger partial charge on any atom is 0.230 e. The number of carbonyl (C=O) groups excluding carboxylic acids is 2. The number of nitrogens with zero attached hydrogens (tertiary/aromatic N) is 1. The third kappa shape index (κ3) is 1.50. The molecule has 1 heterocycles. The van der Waals surface area contributed by atoms with Crippen molar-refractivity contribution in [2.24, 2.45) is 0 Å². The summed E-state index contributed by atoms with van der Waals surface area (Å²) in [6.07, 6.45) is 7.96. The van der Waals surface area contributed by atoms with Crippen LogP contribution in [0, 0.1) is 0 Å². The molecule has 0 aromatic rings. The topological polar surface area (TPSA) is 37.4 Å². The molecule has 0 bridgehead atoms. The van der Waals surface area contributed by atoms with Crippen LogP contribution in [0.5, 0.6) is 0 Å². The SMILES string of the molecule is O=C1CCC(=O)N1C1C=CCCC1. The molecule has 1 atom stereocenters. The summed E-state index contributed by atoms with van der Waals surface area (Å²) < 4.78 is 0. The zero-order valence-electron chi connectivity index (χ0n) is 7.53. The number of likely N-dealkylation sites (tertiary alicyclic amines) is 1. The Morgan fingerprint density at radius 2 is 1.92 bits per heavy atom. The largest absolute Gasteiger partial charge is 0.276 e. The Labute approximate surface area is 77.4 Å². The quantitative estimate of drug-likeness (QED) is 0.448. The van der Waals surface area contributed by atoms with Gasteiger partial charge in [0.1, 0.15) is 0 Å². The molecule has 1 aliphatic carbocycles. The van der Waals surface area contributed by atoms with Crippen molar-refractivity contribution in [3.05, 3.63) is 12.2 Å². The highest BCUT2D eigenvalue weighted by Gasteiger charge is 2.33. The number of amides is 2. The second kappa shape index (κ2) is 3.32. The molecule has 0 aromatic heterocycles. The van der Waals surface area contributed by atoms with E-state index in [-0.39, 0.29) is 17.9 Å². The van der Waals surface area contributed by atoms with Gasteiger partial charge in [0, 0.05) is 12.8 Å². The molecule has 2 aliphatic rings. The molecular formula is C10H13NO2. The highest BCUT2D eigenvalue weighted by atomic mass is 16.2. The average Bonchev–Trinajstić information content (AvgIpc) is 2.48. The predicted octanol–water partition coefficient (Wildman–Crippen LogP) is 1.24. The van der Waals surface area contributed by atoms with Gasteiger partial charge in [0.25, 0.3) is 0 Å². The Morgan fingerprint density at radius 3 is 2.46 bits per heavy atom. The lowest BCUT2D eigenvalue weighted by Gasteiger charge is -2.25. The monoisotopic (exact) mass is 179 g/mol. The molecule has 1 aliphatic heterocycles. The Morgan fingerprint density at radius 1 is 1.23 bits per heavy atom. The molecule has 0 N–H and O–H groups in total. The van der Waals surface area contributed by atoms with Crippen LogP contribution >= 0.6 is 0 Å². The van der Waals surface area contributed by atoms with E-state index in [9.17, 15) is 9.59 Å². The zero-order valence-corrected chi connectivity index (χ0v) is 7.53. The van der Waals surface area contributed by atoms with Crippen LogP contribution in [0.4, 0.5) is 0 Å². The standard InChI is InChI=1S/C10H13NO2/c12-9-6-7-10(13)11(9)8-4-2-1-3-5-8/h2,4,8H,1,3,5-7H2. The van der Waals surface area contributed by atoms with Crippen molar-refractivity contribution in [2.75, 3.05) is 0 Å². The molecule has 0 spiro atoms. The van der Waals surface area contributed by atoms with E-state index < -0.39 is 0 Å². The smallest absolute Gasteiger partial charge is 0.230 e. The van der Waals surface area contributed by atoms with E-state index in [0.717, 1.165) is 19.3 Å². The van der Waals surface area contributed by atoms with Gasteiger partial charge in [-0.05, 0) is 19.3 Å². The summed E-state index contributed by atoms with van der Waals surface area (Å²) in [4.78, 5) is 24.2. The lowest BCUT2D eigenvalue weighted by Crippen LogP contribution is -2.38. The Balaban J connectivity index is 2.14. The van der Waals surface area contributed by atoms with E-state index >= 15 is 0 Å². The van der Waals surface area contributed by atoms with Crippen molar-refractivity contribution in [2.45, 2.75) is 38.1 Å². The van der Waals surface area contributed by atoms with Gasteiger partial charge in [-0.25, -0.2) is 0 Å². The van der Waals surface area contributed by atoms with E-state index in [4.69, 9.17) is 0 Å². The van der Waals surface area contributed by atoms with E-state index in [0.29, 0.717) is 12.8 Å². The molecular weight excluding hydrogens is 166 g/mol. The first-order valence-corrected chi connectivity index (χ1v) is 4.80. The van der Waals surface area contributed by atoms with Crippen LogP contribution in [-0.2, 0) is 9.59 Å². The van der Waals surface area contributed by atoms with Gasteiger partial charge in [-0.15, -0.1) is 0 Å². The Bertz CT molecular complexity index is 254. The third-order valence-electron chi connectivity index (χ3n) is 2.65. The van der Waals surface area contributed by atoms with Crippen LogP contribution in [0.3, 0.4) is 0 Å². The second-order valence-corrected chi connectivity index (χ2v) is 3.58. The third-order valence-corrected chi connectivity index (χ3v) is 2.65. The fourth-order valence-corrected chi connectivity index (χ4v) is 1.97. The summed E-state index contributed by atoms with van der Waals surface area (Å²) >= 11 is 0. The van der Waals surface area contributed by atoms with Crippen molar-refractivity contribution in [3.8, 4) is 0 Å². The molecule has 2 rings (SSSR count). The zero-order chi connectivity index (χ0) is 9.26. The summed E-state index contributed by atoms with van der Waals surface area (Å²) in [6.45, 7) is 0. The minimum Gasteiger partial charge on any atom is -0.276 e. The number of hydrogen-bond donors (Lipinski definition) is 0. The molecule has 0 radical (unpaired) electrons. The molecule has 1 unspecified atom stereocenters. The number of allylic oxidation sites excluding steroid dienone is 1. The summed E-state index contributed by atoms with van der Waals surface area (Å²) in [5, 5.41) is 0. The molecule has 0 aromatic carbocycles. The van der Waals surface area contributed by atoms with Crippen molar-refractivity contribution in [1.29, 1.82) is 0 Å². The first-order chi connectivity index (χ1) is 6.29. The predicted molar refractivity (Wildman–Crippen MR) is 47.9 cm³/mol. The lowest BCUT2D eigenvalue weighted by molar-refractivity contribution is -0.140. The summed E-state index contributed by atoms with van der Waals surface area (Å²) in [5.74, 6) is 0.00287. The van der Waals surface area contributed by atoms with Crippen LogP contribution in [0.25, 0.3) is 0 Å². The van der Waals surface area contributed by atoms with Crippen molar-refractivity contribution < 1.29 is 9.59 Å². The number of carbonyl (C=O) groups is 2. The van der Waals surface area contributed by atoms with Crippen LogP contribution in [0.1, 0.15) is 32.1 Å². The van der Waals surface area contributed by atoms with Crippen LogP contribution in [-0.4, -0.2) is 22.8 Å². The normalized spacial score (nSPS) is 28.6. The highest BCUT2D eigenvalue weighted by Crippen LogP contribution is 2.22. The van der Waals surface area contributed by atoms with E-state index in [1.54, 1.807) is 0 Å². The summed E-state index contributed by atoms with van der Waals surface area (Å²) in [7, 11) is 0. The summed E-state index contributed by atoms with van der Waals surface area (Å²) in [6, 6.07) is 0.0521. The van der Waals surface area contributed by atoms with Crippen molar-refractivity contribution in [1.82, 2.24) is 4.90 Å². The van der Waals surface area contributed by atoms with E-state index in [2.05, 4.69) is 6.08 Å². The van der Waals surface area contributed by atoms with Gasteiger partial charge in [-0.2, -0.15) is 0 Å². The van der Waals surface area contributed by atoms with Crippen LogP contribution < -0.4 is 0 Å². The molecule has 13 heavy (non-hydrogen) atoms. The molecule has 3 heteroatoms. The van der Waals surface area contributed by atoms with Gasteiger partial charge in [0.05, 0.1) is 6.04 Å². The van der Waals surface area contributed by atoms with Gasteiger partial charge in [-0.1, -0.05) is 12.2 Å². The van der Waals surface area contributed by atoms with Gasteiger partial charge in [0.15, 0.2) is 0 Å². The minimum atomic E-state index is 0.00144. The number of hydrogen-bond acceptors (Lipinski definition) is 2. The number of imide groups is 1. The minimum absolute atomic E-state index is 0.00144. The van der Waals surface area contributed by atoms with Gasteiger partial charge >= 0.3 is 0 Å². The van der Waals surface area contributed by atoms with Gasteiger partial charge in [0.2, 0.25) is 11.8 Å². The van der Waals surface area contributed by atoms with Crippen molar-refractivity contribution >= 4 is 11.8 Å².